The van der Waals surface area contributed by atoms with Crippen LogP contribution in [-0.2, 0) is 4.74 Å². The number of nitrogens with zero attached hydrogens (tertiary/aromatic N) is 3. The van der Waals surface area contributed by atoms with Crippen LogP contribution in [0.2, 0.25) is 0 Å². The van der Waals surface area contributed by atoms with Crippen LogP contribution in [0.25, 0.3) is 0 Å². The molecule has 0 saturated carbocycles. The molecule has 1 fully saturated rings. The van der Waals surface area contributed by atoms with Crippen molar-refractivity contribution in [3.63, 3.8) is 0 Å². The fraction of sp³-hybridized carbons (Fsp3) is 0.357. The number of aromatic amines is 1. The van der Waals surface area contributed by atoms with Crippen LogP contribution in [0.15, 0.2) is 12.3 Å². The van der Waals surface area contributed by atoms with E-state index in [0.717, 1.165) is 18.9 Å². The number of aliphatic hydroxyl groups is 2. The number of rotatable bonds is 3. The van der Waals surface area contributed by atoms with Crippen molar-refractivity contribution in [2.75, 3.05) is 6.61 Å². The first-order chi connectivity index (χ1) is 11.1. The zero-order valence-corrected chi connectivity index (χ0v) is 11.9. The second-order valence-corrected chi connectivity index (χ2v) is 4.76. The minimum atomic E-state index is -1.86. The predicted octanol–water partition coefficient (Wildman–Crippen LogP) is 0.645. The highest BCUT2D eigenvalue weighted by molar-refractivity contribution is 5.35. The fourth-order valence-corrected chi connectivity index (χ4v) is 1.99. The Morgan fingerprint density at radius 2 is 2.30 bits per heavy atom. The van der Waals surface area contributed by atoms with Crippen LogP contribution in [0.4, 0.5) is 4.39 Å². The first-order valence-electron chi connectivity index (χ1n) is 6.87. The molecule has 0 amide bonds. The van der Waals surface area contributed by atoms with Crippen LogP contribution in [-0.4, -0.2) is 43.3 Å². The van der Waals surface area contributed by atoms with Crippen molar-refractivity contribution in [2.24, 2.45) is 0 Å². The highest BCUT2D eigenvalue weighted by atomic mass is 19.1. The molecule has 2 aromatic heterocycles. The van der Waals surface area contributed by atoms with Crippen LogP contribution in [0.5, 0.6) is 11.6 Å². The van der Waals surface area contributed by atoms with Gasteiger partial charge in [0.15, 0.2) is 17.3 Å². The van der Waals surface area contributed by atoms with Gasteiger partial charge in [0, 0.05) is 12.7 Å². The quantitative estimate of drug-likeness (QED) is 0.562. The molecule has 0 aliphatic carbocycles. The number of hydrogen-bond acceptors (Lipinski definition) is 7. The molecule has 0 spiro atoms. The van der Waals surface area contributed by atoms with Gasteiger partial charge in [-0.25, -0.2) is 9.37 Å². The van der Waals surface area contributed by atoms with Crippen molar-refractivity contribution in [3.8, 4) is 23.5 Å². The summed E-state index contributed by atoms with van der Waals surface area (Å²) >= 11 is 0. The minimum absolute atomic E-state index is 0.0181. The van der Waals surface area contributed by atoms with Crippen LogP contribution in [0.1, 0.15) is 30.5 Å². The van der Waals surface area contributed by atoms with Crippen LogP contribution < -0.4 is 4.74 Å². The van der Waals surface area contributed by atoms with E-state index in [1.54, 1.807) is 0 Å². The van der Waals surface area contributed by atoms with Gasteiger partial charge in [-0.1, -0.05) is 5.92 Å². The molecule has 1 unspecified atom stereocenters. The predicted molar refractivity (Wildman–Crippen MR) is 73.7 cm³/mol. The van der Waals surface area contributed by atoms with Crippen molar-refractivity contribution in [3.05, 3.63) is 29.5 Å². The lowest BCUT2D eigenvalue weighted by Crippen LogP contribution is -2.01. The lowest BCUT2D eigenvalue weighted by molar-refractivity contribution is -0.0470. The molecule has 2 aromatic rings. The van der Waals surface area contributed by atoms with Crippen LogP contribution in [0.3, 0.4) is 0 Å². The summed E-state index contributed by atoms with van der Waals surface area (Å²) in [6.07, 6.45) is 0.978. The van der Waals surface area contributed by atoms with Gasteiger partial charge in [0.1, 0.15) is 11.8 Å². The second kappa shape index (κ2) is 6.70. The van der Waals surface area contributed by atoms with E-state index in [1.165, 1.54) is 6.20 Å². The standard InChI is InChI=1S/C14H13FN4O4/c15-10-6-9(23-13-12(14(20)21)17-19-18-13)7-16-11(10)4-3-8-2-1-5-22-8/h6-8,14,20-21H,1-2,5H2,(H,17,18,19). The Bertz CT molecular complexity index is 747. The van der Waals surface area contributed by atoms with Gasteiger partial charge in [-0.2, -0.15) is 10.3 Å². The Morgan fingerprint density at radius 1 is 1.43 bits per heavy atom. The van der Waals surface area contributed by atoms with Crippen molar-refractivity contribution in [2.45, 2.75) is 25.2 Å². The SMILES string of the molecule is OC(O)c1n[nH]nc1Oc1cnc(C#CC2CCCO2)c(F)c1. The summed E-state index contributed by atoms with van der Waals surface area (Å²) in [4.78, 5) is 3.88. The topological polar surface area (TPSA) is 113 Å². The van der Waals surface area contributed by atoms with E-state index in [2.05, 4.69) is 32.2 Å². The Morgan fingerprint density at radius 3 is 3.00 bits per heavy atom. The smallest absolute Gasteiger partial charge is 0.267 e. The maximum atomic E-state index is 14.0. The van der Waals surface area contributed by atoms with Gasteiger partial charge >= 0.3 is 0 Å². The average Bonchev–Trinajstić information content (AvgIpc) is 3.17. The first-order valence-corrected chi connectivity index (χ1v) is 6.87. The summed E-state index contributed by atoms with van der Waals surface area (Å²) in [5, 5.41) is 27.5. The zero-order chi connectivity index (χ0) is 16.2. The first kappa shape index (κ1) is 15.4. The van der Waals surface area contributed by atoms with Crippen molar-refractivity contribution in [1.82, 2.24) is 20.4 Å². The molecule has 3 heterocycles. The zero-order valence-electron chi connectivity index (χ0n) is 11.9. The fourth-order valence-electron chi connectivity index (χ4n) is 1.99. The number of aliphatic hydroxyl groups excluding tert-OH is 1. The van der Waals surface area contributed by atoms with Gasteiger partial charge in [0.25, 0.3) is 5.88 Å². The molecule has 1 atom stereocenters. The Labute approximate surface area is 130 Å². The molecule has 23 heavy (non-hydrogen) atoms. The molecule has 1 saturated heterocycles. The maximum absolute atomic E-state index is 14.0. The normalized spacial score (nSPS) is 17.1. The molecule has 0 radical (unpaired) electrons. The van der Waals surface area contributed by atoms with Gasteiger partial charge < -0.3 is 19.7 Å². The van der Waals surface area contributed by atoms with Crippen molar-refractivity contribution in [1.29, 1.82) is 0 Å². The van der Waals surface area contributed by atoms with E-state index in [0.29, 0.717) is 6.61 Å². The highest BCUT2D eigenvalue weighted by Crippen LogP contribution is 2.25. The van der Waals surface area contributed by atoms with E-state index in [4.69, 9.17) is 19.7 Å². The molecule has 3 rings (SSSR count). The lowest BCUT2D eigenvalue weighted by Gasteiger charge is -2.05. The third kappa shape index (κ3) is 3.62. The molecule has 0 bridgehead atoms. The number of halogens is 1. The van der Waals surface area contributed by atoms with Crippen molar-refractivity contribution < 1.29 is 24.1 Å². The molecule has 8 nitrogen and oxygen atoms in total. The molecule has 1 aliphatic rings. The number of ether oxygens (including phenoxy) is 2. The van der Waals surface area contributed by atoms with Crippen LogP contribution in [0, 0.1) is 17.7 Å². The Balaban J connectivity index is 1.75. The Hall–Kier alpha value is -2.54. The lowest BCUT2D eigenvalue weighted by atomic mass is 10.2. The highest BCUT2D eigenvalue weighted by Gasteiger charge is 2.17. The van der Waals surface area contributed by atoms with Gasteiger partial charge in [-0.3, -0.25) is 0 Å². The molecule has 120 valence electrons. The summed E-state index contributed by atoms with van der Waals surface area (Å²) in [6.45, 7) is 0.665. The van der Waals surface area contributed by atoms with E-state index in [-0.39, 0.29) is 29.1 Å². The summed E-state index contributed by atoms with van der Waals surface area (Å²) in [5.41, 5.74) is -0.233. The summed E-state index contributed by atoms with van der Waals surface area (Å²) in [7, 11) is 0. The van der Waals surface area contributed by atoms with E-state index < -0.39 is 12.1 Å². The largest absolute Gasteiger partial charge is 0.434 e. The van der Waals surface area contributed by atoms with E-state index >= 15 is 0 Å². The van der Waals surface area contributed by atoms with Crippen LogP contribution >= 0.6 is 0 Å². The number of pyridine rings is 1. The number of nitrogens with one attached hydrogen (secondary N) is 1. The average molecular weight is 320 g/mol. The third-order valence-corrected chi connectivity index (χ3v) is 3.10. The molecular weight excluding hydrogens is 307 g/mol. The van der Waals surface area contributed by atoms with Gasteiger partial charge in [0.05, 0.1) is 6.20 Å². The molecule has 3 N–H and O–H groups in total. The molecule has 9 heteroatoms. The second-order valence-electron chi connectivity index (χ2n) is 4.76. The summed E-state index contributed by atoms with van der Waals surface area (Å²) in [6, 6.07) is 1.08. The summed E-state index contributed by atoms with van der Waals surface area (Å²) < 4.78 is 24.5. The van der Waals surface area contributed by atoms with E-state index in [9.17, 15) is 4.39 Å². The van der Waals surface area contributed by atoms with Crippen molar-refractivity contribution >= 4 is 0 Å². The monoisotopic (exact) mass is 320 g/mol. The third-order valence-electron chi connectivity index (χ3n) is 3.10. The number of H-pyrrole nitrogens is 1. The van der Waals surface area contributed by atoms with Gasteiger partial charge in [0.2, 0.25) is 6.29 Å². The molecular formula is C14H13FN4O4. The van der Waals surface area contributed by atoms with Gasteiger partial charge in [-0.05, 0) is 18.8 Å². The number of hydrogen-bond donors (Lipinski definition) is 3. The Kier molecular flexibility index (Phi) is 4.47. The minimum Gasteiger partial charge on any atom is -0.434 e. The summed E-state index contributed by atoms with van der Waals surface area (Å²) in [5.74, 6) is 4.64. The maximum Gasteiger partial charge on any atom is 0.267 e. The van der Waals surface area contributed by atoms with Gasteiger partial charge in [-0.15, -0.1) is 5.10 Å². The molecule has 1 aliphatic heterocycles. The molecule has 0 aromatic carbocycles. The number of aromatic nitrogens is 4. The van der Waals surface area contributed by atoms with E-state index in [1.807, 2.05) is 0 Å².